The van der Waals surface area contributed by atoms with Gasteiger partial charge in [-0.25, -0.2) is 0 Å². The zero-order chi connectivity index (χ0) is 19.4. The van der Waals surface area contributed by atoms with Gasteiger partial charge in [-0.3, -0.25) is 14.2 Å². The standard InChI is InChI=1S/C20H24ClN3O3/c1-24-17(8-5-9-18(24)25)22-14-10-11-16(21)15(12-14)20(27)23-19(26)13-6-3-2-4-7-13/h5,8-13,19,22,26H,2-4,6-7H2,1H3,(H,23,27). The Kier molecular flexibility index (Phi) is 6.19. The van der Waals surface area contributed by atoms with Crippen LogP contribution < -0.4 is 16.2 Å². The Balaban J connectivity index is 1.75. The first kappa shape index (κ1) is 19.5. The van der Waals surface area contributed by atoms with Crippen molar-refractivity contribution in [3.8, 4) is 0 Å². The quantitative estimate of drug-likeness (QED) is 0.684. The minimum atomic E-state index is -0.875. The van der Waals surface area contributed by atoms with Gasteiger partial charge in [-0.2, -0.15) is 0 Å². The minimum absolute atomic E-state index is 0.0848. The van der Waals surface area contributed by atoms with Crippen LogP contribution in [0.1, 0.15) is 42.5 Å². The van der Waals surface area contributed by atoms with Gasteiger partial charge in [0.05, 0.1) is 10.6 Å². The lowest BCUT2D eigenvalue weighted by atomic mass is 9.88. The highest BCUT2D eigenvalue weighted by molar-refractivity contribution is 6.34. The molecule has 0 radical (unpaired) electrons. The molecule has 1 aliphatic rings. The Morgan fingerprint density at radius 2 is 1.96 bits per heavy atom. The average molecular weight is 390 g/mol. The lowest BCUT2D eigenvalue weighted by molar-refractivity contribution is 0.0463. The molecule has 144 valence electrons. The van der Waals surface area contributed by atoms with Gasteiger partial charge >= 0.3 is 0 Å². The number of pyridine rings is 1. The summed E-state index contributed by atoms with van der Waals surface area (Å²) in [6.45, 7) is 0. The van der Waals surface area contributed by atoms with Crippen molar-refractivity contribution in [1.29, 1.82) is 0 Å². The number of halogens is 1. The maximum absolute atomic E-state index is 12.6. The zero-order valence-electron chi connectivity index (χ0n) is 15.2. The number of aliphatic hydroxyl groups is 1. The fraction of sp³-hybridized carbons (Fsp3) is 0.400. The molecule has 1 aliphatic carbocycles. The predicted octanol–water partition coefficient (Wildman–Crippen LogP) is 3.41. The maximum atomic E-state index is 12.6. The fourth-order valence-electron chi connectivity index (χ4n) is 3.39. The second-order valence-corrected chi connectivity index (χ2v) is 7.35. The van der Waals surface area contributed by atoms with Crippen LogP contribution in [-0.4, -0.2) is 21.8 Å². The highest BCUT2D eigenvalue weighted by Gasteiger charge is 2.24. The van der Waals surface area contributed by atoms with Gasteiger partial charge in [0, 0.05) is 24.7 Å². The number of hydrogen-bond donors (Lipinski definition) is 3. The van der Waals surface area contributed by atoms with Crippen LogP contribution in [0.4, 0.5) is 11.5 Å². The second-order valence-electron chi connectivity index (χ2n) is 6.94. The van der Waals surface area contributed by atoms with Crippen molar-refractivity contribution in [3.05, 3.63) is 57.3 Å². The van der Waals surface area contributed by atoms with E-state index < -0.39 is 12.1 Å². The van der Waals surface area contributed by atoms with E-state index in [1.165, 1.54) is 17.1 Å². The summed E-state index contributed by atoms with van der Waals surface area (Å²) in [5.74, 6) is 0.267. The third kappa shape index (κ3) is 4.70. The molecule has 1 fully saturated rings. The van der Waals surface area contributed by atoms with Crippen LogP contribution >= 0.6 is 11.6 Å². The van der Waals surface area contributed by atoms with E-state index in [4.69, 9.17) is 11.6 Å². The Morgan fingerprint density at radius 3 is 2.70 bits per heavy atom. The topological polar surface area (TPSA) is 83.4 Å². The first-order valence-electron chi connectivity index (χ1n) is 9.17. The first-order valence-corrected chi connectivity index (χ1v) is 9.55. The van der Waals surface area contributed by atoms with Gasteiger partial charge in [0.1, 0.15) is 12.0 Å². The van der Waals surface area contributed by atoms with Crippen molar-refractivity contribution < 1.29 is 9.90 Å². The van der Waals surface area contributed by atoms with Crippen molar-refractivity contribution in [3.63, 3.8) is 0 Å². The molecule has 0 saturated heterocycles. The predicted molar refractivity (Wildman–Crippen MR) is 106 cm³/mol. The second kappa shape index (κ2) is 8.59. The summed E-state index contributed by atoms with van der Waals surface area (Å²) < 4.78 is 1.47. The highest BCUT2D eigenvalue weighted by atomic mass is 35.5. The molecular weight excluding hydrogens is 366 g/mol. The molecule has 0 spiro atoms. The number of carbonyl (C=O) groups is 1. The lowest BCUT2D eigenvalue weighted by Gasteiger charge is -2.27. The van der Waals surface area contributed by atoms with E-state index in [1.807, 2.05) is 0 Å². The van der Waals surface area contributed by atoms with E-state index in [1.54, 1.807) is 37.4 Å². The van der Waals surface area contributed by atoms with Crippen molar-refractivity contribution in [2.75, 3.05) is 5.32 Å². The van der Waals surface area contributed by atoms with Crippen LogP contribution in [0.5, 0.6) is 0 Å². The molecule has 0 aliphatic heterocycles. The first-order chi connectivity index (χ1) is 13.0. The number of aliphatic hydroxyl groups excluding tert-OH is 1. The number of nitrogens with one attached hydrogen (secondary N) is 2. The fourth-order valence-corrected chi connectivity index (χ4v) is 3.60. The van der Waals surface area contributed by atoms with Crippen molar-refractivity contribution >= 4 is 29.0 Å². The Hall–Kier alpha value is -2.31. The number of hydrogen-bond acceptors (Lipinski definition) is 4. The smallest absolute Gasteiger partial charge is 0.254 e. The summed E-state index contributed by atoms with van der Waals surface area (Å²) in [6.07, 6.45) is 4.29. The van der Waals surface area contributed by atoms with Crippen LogP contribution in [0, 0.1) is 5.92 Å². The van der Waals surface area contributed by atoms with E-state index in [0.29, 0.717) is 16.5 Å². The molecule has 27 heavy (non-hydrogen) atoms. The molecular formula is C20H24ClN3O3. The van der Waals surface area contributed by atoms with Crippen molar-refractivity contribution in [2.45, 2.75) is 38.3 Å². The molecule has 1 amide bonds. The van der Waals surface area contributed by atoms with E-state index in [0.717, 1.165) is 25.7 Å². The van der Waals surface area contributed by atoms with Gasteiger partial charge in [-0.05, 0) is 37.1 Å². The van der Waals surface area contributed by atoms with Gasteiger partial charge in [-0.15, -0.1) is 0 Å². The normalized spacial score (nSPS) is 16.0. The van der Waals surface area contributed by atoms with Gasteiger partial charge in [0.15, 0.2) is 0 Å². The average Bonchev–Trinajstić information content (AvgIpc) is 2.67. The third-order valence-corrected chi connectivity index (χ3v) is 5.37. The summed E-state index contributed by atoms with van der Waals surface area (Å²) in [6, 6.07) is 9.86. The summed E-state index contributed by atoms with van der Waals surface area (Å²) in [5, 5.41) is 16.4. The molecule has 1 atom stereocenters. The van der Waals surface area contributed by atoms with Gasteiger partial charge in [0.25, 0.3) is 11.5 Å². The summed E-state index contributed by atoms with van der Waals surface area (Å²) in [5.41, 5.74) is 0.762. The number of anilines is 2. The minimum Gasteiger partial charge on any atom is -0.373 e. The van der Waals surface area contributed by atoms with Crippen molar-refractivity contribution in [2.24, 2.45) is 13.0 Å². The number of benzene rings is 1. The molecule has 3 rings (SSSR count). The molecule has 2 aromatic rings. The van der Waals surface area contributed by atoms with Crippen molar-refractivity contribution in [1.82, 2.24) is 9.88 Å². The Bertz CT molecular complexity index is 875. The van der Waals surface area contributed by atoms with Crippen LogP contribution in [0.2, 0.25) is 5.02 Å². The SMILES string of the molecule is Cn1c(Nc2ccc(Cl)c(C(=O)NC(O)C3CCCCC3)c2)cccc1=O. The highest BCUT2D eigenvalue weighted by Crippen LogP contribution is 2.27. The molecule has 6 nitrogen and oxygen atoms in total. The molecule has 0 bridgehead atoms. The molecule has 1 aromatic carbocycles. The number of amides is 1. The van der Waals surface area contributed by atoms with Crippen LogP contribution in [0.3, 0.4) is 0 Å². The van der Waals surface area contributed by atoms with Crippen LogP contribution in [0.25, 0.3) is 0 Å². The van der Waals surface area contributed by atoms with Gasteiger partial charge in [0.2, 0.25) is 0 Å². The number of rotatable bonds is 5. The monoisotopic (exact) mass is 389 g/mol. The largest absolute Gasteiger partial charge is 0.373 e. The molecule has 1 heterocycles. The maximum Gasteiger partial charge on any atom is 0.254 e. The third-order valence-electron chi connectivity index (χ3n) is 5.04. The number of carbonyl (C=O) groups excluding carboxylic acids is 1. The number of nitrogens with zero attached hydrogens (tertiary/aromatic N) is 1. The zero-order valence-corrected chi connectivity index (χ0v) is 16.0. The van der Waals surface area contributed by atoms with Gasteiger partial charge in [-0.1, -0.05) is 36.9 Å². The van der Waals surface area contributed by atoms with Gasteiger partial charge < -0.3 is 15.7 Å². The van der Waals surface area contributed by atoms with Crippen LogP contribution in [0.15, 0.2) is 41.2 Å². The summed E-state index contributed by atoms with van der Waals surface area (Å²) in [7, 11) is 1.66. The van der Waals surface area contributed by atoms with E-state index >= 15 is 0 Å². The number of aromatic nitrogens is 1. The van der Waals surface area contributed by atoms with E-state index in [9.17, 15) is 14.7 Å². The summed E-state index contributed by atoms with van der Waals surface area (Å²) >= 11 is 6.19. The molecule has 3 N–H and O–H groups in total. The Labute approximate surface area is 163 Å². The van der Waals surface area contributed by atoms with E-state index in [-0.39, 0.29) is 17.0 Å². The molecule has 1 saturated carbocycles. The lowest BCUT2D eigenvalue weighted by Crippen LogP contribution is -2.41. The van der Waals surface area contributed by atoms with E-state index in [2.05, 4.69) is 10.6 Å². The molecule has 1 unspecified atom stereocenters. The van der Waals surface area contributed by atoms with Crippen LogP contribution in [-0.2, 0) is 7.05 Å². The molecule has 1 aromatic heterocycles. The summed E-state index contributed by atoms with van der Waals surface area (Å²) in [4.78, 5) is 24.3. The molecule has 7 heteroatoms. The Morgan fingerprint density at radius 1 is 1.22 bits per heavy atom.